The van der Waals surface area contributed by atoms with Crippen LogP contribution in [0.5, 0.6) is 0 Å². The average molecular weight is 168 g/mol. The molecular formula is C10H16O2. The van der Waals surface area contributed by atoms with Crippen molar-refractivity contribution in [2.45, 2.75) is 39.7 Å². The van der Waals surface area contributed by atoms with Crippen LogP contribution in [0, 0.1) is 5.41 Å². The zero-order valence-corrected chi connectivity index (χ0v) is 7.92. The number of aliphatic hydroxyl groups excluding tert-OH is 1. The van der Waals surface area contributed by atoms with E-state index in [1.54, 1.807) is 0 Å². The van der Waals surface area contributed by atoms with Gasteiger partial charge in [-0.3, -0.25) is 4.79 Å². The molecule has 12 heavy (non-hydrogen) atoms. The number of aldehydes is 1. The summed E-state index contributed by atoms with van der Waals surface area (Å²) in [7, 11) is 0. The van der Waals surface area contributed by atoms with Crippen LogP contribution in [0.15, 0.2) is 11.1 Å². The Labute approximate surface area is 73.3 Å². The molecule has 1 aliphatic rings. The summed E-state index contributed by atoms with van der Waals surface area (Å²) < 4.78 is 0. The highest BCUT2D eigenvalue weighted by Crippen LogP contribution is 2.43. The average Bonchev–Trinajstić information content (AvgIpc) is 2.23. The third kappa shape index (κ3) is 1.20. The van der Waals surface area contributed by atoms with Crippen LogP contribution in [0.4, 0.5) is 0 Å². The van der Waals surface area contributed by atoms with E-state index in [0.29, 0.717) is 6.42 Å². The van der Waals surface area contributed by atoms with Gasteiger partial charge in [0.05, 0.1) is 6.10 Å². The lowest BCUT2D eigenvalue weighted by Crippen LogP contribution is -2.25. The minimum Gasteiger partial charge on any atom is -0.392 e. The van der Waals surface area contributed by atoms with E-state index in [0.717, 1.165) is 23.9 Å². The maximum atomic E-state index is 10.6. The maximum Gasteiger partial charge on any atom is 0.146 e. The lowest BCUT2D eigenvalue weighted by Gasteiger charge is -2.26. The largest absolute Gasteiger partial charge is 0.392 e. The van der Waals surface area contributed by atoms with Gasteiger partial charge in [0.1, 0.15) is 6.29 Å². The molecule has 0 fully saturated rings. The molecule has 0 aliphatic heterocycles. The van der Waals surface area contributed by atoms with Crippen molar-refractivity contribution in [2.24, 2.45) is 5.41 Å². The fraction of sp³-hybridized carbons (Fsp3) is 0.700. The summed E-state index contributed by atoms with van der Waals surface area (Å²) in [5.74, 6) is 0. The predicted octanol–water partition coefficient (Wildman–Crippen LogP) is 1.68. The Balaban J connectivity index is 3.04. The maximum absolute atomic E-state index is 10.6. The first kappa shape index (κ1) is 9.46. The van der Waals surface area contributed by atoms with Crippen LogP contribution in [0.1, 0.15) is 33.6 Å². The van der Waals surface area contributed by atoms with Crippen molar-refractivity contribution >= 4 is 6.29 Å². The summed E-state index contributed by atoms with van der Waals surface area (Å²) in [4.78, 5) is 10.6. The van der Waals surface area contributed by atoms with Gasteiger partial charge in [0, 0.05) is 11.8 Å². The molecule has 0 heterocycles. The highest BCUT2D eigenvalue weighted by Gasteiger charge is 2.38. The first-order valence-electron chi connectivity index (χ1n) is 4.39. The summed E-state index contributed by atoms with van der Waals surface area (Å²) in [6.07, 6.45) is 1.89. The SMILES string of the molecule is CCC1=C(C=O)CC(O)C1(C)C. The van der Waals surface area contributed by atoms with Crippen LogP contribution >= 0.6 is 0 Å². The number of rotatable bonds is 2. The minimum atomic E-state index is -0.382. The number of hydrogen-bond acceptors (Lipinski definition) is 2. The minimum absolute atomic E-state index is 0.203. The Morgan fingerprint density at radius 2 is 2.25 bits per heavy atom. The fourth-order valence-electron chi connectivity index (χ4n) is 2.00. The summed E-state index contributed by atoms with van der Waals surface area (Å²) in [6, 6.07) is 0. The molecule has 0 saturated carbocycles. The van der Waals surface area contributed by atoms with E-state index in [4.69, 9.17) is 0 Å². The number of aliphatic hydroxyl groups is 1. The van der Waals surface area contributed by atoms with Crippen LogP contribution in [-0.4, -0.2) is 17.5 Å². The van der Waals surface area contributed by atoms with Gasteiger partial charge in [-0.05, 0) is 12.0 Å². The van der Waals surface area contributed by atoms with Crippen molar-refractivity contribution in [3.63, 3.8) is 0 Å². The second-order valence-electron chi connectivity index (χ2n) is 3.92. The fourth-order valence-corrected chi connectivity index (χ4v) is 2.00. The van der Waals surface area contributed by atoms with Crippen LogP contribution in [-0.2, 0) is 4.79 Å². The van der Waals surface area contributed by atoms with E-state index in [1.165, 1.54) is 0 Å². The van der Waals surface area contributed by atoms with E-state index in [9.17, 15) is 9.90 Å². The topological polar surface area (TPSA) is 37.3 Å². The molecule has 0 aromatic rings. The van der Waals surface area contributed by atoms with Gasteiger partial charge in [-0.2, -0.15) is 0 Å². The van der Waals surface area contributed by atoms with Gasteiger partial charge < -0.3 is 5.11 Å². The third-order valence-corrected chi connectivity index (χ3v) is 2.91. The quantitative estimate of drug-likeness (QED) is 0.637. The van der Waals surface area contributed by atoms with Gasteiger partial charge in [-0.15, -0.1) is 0 Å². The molecule has 0 radical (unpaired) electrons. The van der Waals surface area contributed by atoms with E-state index >= 15 is 0 Å². The second-order valence-corrected chi connectivity index (χ2v) is 3.92. The molecule has 0 spiro atoms. The molecule has 1 N–H and O–H groups in total. The molecule has 0 aromatic carbocycles. The zero-order chi connectivity index (χ0) is 9.35. The van der Waals surface area contributed by atoms with Crippen molar-refractivity contribution in [1.29, 1.82) is 0 Å². The Kier molecular flexibility index (Phi) is 2.38. The van der Waals surface area contributed by atoms with Gasteiger partial charge in [0.25, 0.3) is 0 Å². The van der Waals surface area contributed by atoms with Gasteiger partial charge in [0.15, 0.2) is 0 Å². The van der Waals surface area contributed by atoms with Crippen LogP contribution in [0.3, 0.4) is 0 Å². The molecular weight excluding hydrogens is 152 g/mol. The zero-order valence-electron chi connectivity index (χ0n) is 7.92. The Morgan fingerprint density at radius 3 is 2.58 bits per heavy atom. The Morgan fingerprint density at radius 1 is 1.67 bits per heavy atom. The van der Waals surface area contributed by atoms with Crippen LogP contribution in [0.25, 0.3) is 0 Å². The van der Waals surface area contributed by atoms with Gasteiger partial charge >= 0.3 is 0 Å². The molecule has 0 saturated heterocycles. The molecule has 0 bridgehead atoms. The second kappa shape index (κ2) is 3.02. The monoisotopic (exact) mass is 168 g/mol. The standard InChI is InChI=1S/C10H16O2/c1-4-8-7(6-11)5-9(12)10(8,2)3/h6,9,12H,4-5H2,1-3H3. The highest BCUT2D eigenvalue weighted by atomic mass is 16.3. The normalized spacial score (nSPS) is 27.8. The van der Waals surface area contributed by atoms with E-state index in [1.807, 2.05) is 20.8 Å². The first-order valence-corrected chi connectivity index (χ1v) is 4.39. The smallest absolute Gasteiger partial charge is 0.146 e. The summed E-state index contributed by atoms with van der Waals surface area (Å²) in [5, 5.41) is 9.66. The number of carbonyl (C=O) groups excluding carboxylic acids is 1. The van der Waals surface area contributed by atoms with Crippen molar-refractivity contribution in [1.82, 2.24) is 0 Å². The number of carbonyl (C=O) groups is 1. The van der Waals surface area contributed by atoms with Crippen molar-refractivity contribution in [2.75, 3.05) is 0 Å². The van der Waals surface area contributed by atoms with Gasteiger partial charge in [-0.25, -0.2) is 0 Å². The molecule has 1 rings (SSSR count). The predicted molar refractivity (Wildman–Crippen MR) is 47.8 cm³/mol. The Hall–Kier alpha value is -0.630. The van der Waals surface area contributed by atoms with Crippen molar-refractivity contribution < 1.29 is 9.90 Å². The van der Waals surface area contributed by atoms with E-state index in [2.05, 4.69) is 0 Å². The molecule has 2 nitrogen and oxygen atoms in total. The summed E-state index contributed by atoms with van der Waals surface area (Å²) >= 11 is 0. The molecule has 68 valence electrons. The summed E-state index contributed by atoms with van der Waals surface area (Å²) in [5.41, 5.74) is 1.71. The third-order valence-electron chi connectivity index (χ3n) is 2.91. The molecule has 0 amide bonds. The van der Waals surface area contributed by atoms with Gasteiger partial charge in [0.2, 0.25) is 0 Å². The molecule has 1 aliphatic carbocycles. The molecule has 0 aromatic heterocycles. The van der Waals surface area contributed by atoms with Gasteiger partial charge in [-0.1, -0.05) is 26.3 Å². The van der Waals surface area contributed by atoms with Crippen molar-refractivity contribution in [3.8, 4) is 0 Å². The molecule has 1 unspecified atom stereocenters. The first-order chi connectivity index (χ1) is 5.54. The van der Waals surface area contributed by atoms with Crippen molar-refractivity contribution in [3.05, 3.63) is 11.1 Å². The molecule has 1 atom stereocenters. The summed E-state index contributed by atoms with van der Waals surface area (Å²) in [6.45, 7) is 6.01. The van der Waals surface area contributed by atoms with Crippen LogP contribution < -0.4 is 0 Å². The van der Waals surface area contributed by atoms with E-state index < -0.39 is 0 Å². The lowest BCUT2D eigenvalue weighted by molar-refractivity contribution is -0.105. The number of hydrogen-bond donors (Lipinski definition) is 1. The van der Waals surface area contributed by atoms with Crippen LogP contribution in [0.2, 0.25) is 0 Å². The lowest BCUT2D eigenvalue weighted by atomic mass is 9.82. The molecule has 2 heteroatoms. The highest BCUT2D eigenvalue weighted by molar-refractivity contribution is 5.76. The Bertz CT molecular complexity index is 226. The van der Waals surface area contributed by atoms with E-state index in [-0.39, 0.29) is 11.5 Å².